The van der Waals surface area contributed by atoms with Gasteiger partial charge in [-0.3, -0.25) is 9.59 Å². The van der Waals surface area contributed by atoms with Crippen molar-refractivity contribution in [3.8, 4) is 0 Å². The predicted molar refractivity (Wildman–Crippen MR) is 97.8 cm³/mol. The minimum atomic E-state index is -4.25. The van der Waals surface area contributed by atoms with Crippen molar-refractivity contribution >= 4 is 21.8 Å². The minimum Gasteiger partial charge on any atom is -0.390 e. The molecule has 0 radical (unpaired) electrons. The first kappa shape index (κ1) is 21.3. The number of aliphatic hydroxyl groups excluding tert-OH is 1. The predicted octanol–water partition coefficient (Wildman–Crippen LogP) is -0.387. The fourth-order valence-electron chi connectivity index (χ4n) is 3.19. The van der Waals surface area contributed by atoms with E-state index in [4.69, 9.17) is 5.73 Å². The van der Waals surface area contributed by atoms with E-state index >= 15 is 0 Å². The first-order valence-electron chi connectivity index (χ1n) is 8.89. The second kappa shape index (κ2) is 9.25. The van der Waals surface area contributed by atoms with Crippen LogP contribution in [0.2, 0.25) is 0 Å². The van der Waals surface area contributed by atoms with Gasteiger partial charge in [0.1, 0.15) is 0 Å². The lowest BCUT2D eigenvalue weighted by atomic mass is 10.0. The Morgan fingerprint density at radius 2 is 2.15 bits per heavy atom. The Labute approximate surface area is 159 Å². The number of carbonyl (C=O) groups excluding carboxylic acids is 2. The molecule has 10 heteroatoms. The highest BCUT2D eigenvalue weighted by Crippen LogP contribution is 2.25. The zero-order valence-corrected chi connectivity index (χ0v) is 16.1. The van der Waals surface area contributed by atoms with E-state index in [9.17, 15) is 23.1 Å². The number of rotatable bonds is 7. The Hall–Kier alpha value is -2.04. The van der Waals surface area contributed by atoms with E-state index in [2.05, 4.69) is 10.3 Å². The van der Waals surface area contributed by atoms with Crippen LogP contribution in [0.3, 0.4) is 0 Å². The second-order valence-corrected chi connectivity index (χ2v) is 8.59. The number of sulfonamides is 1. The second-order valence-electron chi connectivity index (χ2n) is 6.82. The molecule has 0 saturated carbocycles. The van der Waals surface area contributed by atoms with Crippen LogP contribution >= 0.6 is 0 Å². The van der Waals surface area contributed by atoms with Crippen LogP contribution in [0, 0.1) is 5.92 Å². The van der Waals surface area contributed by atoms with Gasteiger partial charge in [-0.2, -0.15) is 8.42 Å². The maximum atomic E-state index is 13.2. The van der Waals surface area contributed by atoms with Crippen LogP contribution in [0.5, 0.6) is 0 Å². The number of carbonyl (C=O) groups is 2. The van der Waals surface area contributed by atoms with E-state index in [1.54, 1.807) is 13.0 Å². The summed E-state index contributed by atoms with van der Waals surface area (Å²) in [5.74, 6) is -1.66. The fraction of sp³-hybridized carbons (Fsp3) is 0.588. The van der Waals surface area contributed by atoms with E-state index in [0.717, 1.165) is 4.31 Å². The first-order chi connectivity index (χ1) is 12.7. The fourth-order valence-corrected chi connectivity index (χ4v) is 4.78. The Balaban J connectivity index is 2.38. The lowest BCUT2D eigenvalue weighted by Crippen LogP contribution is -2.52. The summed E-state index contributed by atoms with van der Waals surface area (Å²) < 4.78 is 27.1. The average molecular weight is 398 g/mol. The van der Waals surface area contributed by atoms with Gasteiger partial charge in [-0.15, -0.1) is 0 Å². The quantitative estimate of drug-likeness (QED) is 0.568. The molecule has 0 aliphatic carbocycles. The maximum absolute atomic E-state index is 13.2. The Morgan fingerprint density at radius 1 is 1.41 bits per heavy atom. The standard InChI is InChI=1S/C17H26N4O5S/c1-12(9-15(18)23)10-17(24)21(13-5-4-7-19-11-14(13)22)27(25,26)16-6-2-3-8-20-16/h2-3,6,8,12-14,19,22H,4-5,7,9-11H2,1H3,(H2,18,23)/t12?,13?,14-/m0/s1. The van der Waals surface area contributed by atoms with Crippen LogP contribution in [0.25, 0.3) is 0 Å². The van der Waals surface area contributed by atoms with Crippen LogP contribution in [0.15, 0.2) is 29.4 Å². The molecule has 1 aliphatic rings. The molecule has 2 amide bonds. The summed E-state index contributed by atoms with van der Waals surface area (Å²) in [6.07, 6.45) is 1.03. The molecule has 150 valence electrons. The third-order valence-corrected chi connectivity index (χ3v) is 6.19. The number of hydrogen-bond donors (Lipinski definition) is 3. The van der Waals surface area contributed by atoms with Gasteiger partial charge in [0.15, 0.2) is 5.03 Å². The SMILES string of the molecule is CC(CC(N)=O)CC(=O)N(C1CCCNC[C@@H]1O)S(=O)(=O)c1ccccn1. The molecule has 1 aliphatic heterocycles. The molecule has 0 spiro atoms. The lowest BCUT2D eigenvalue weighted by Gasteiger charge is -2.33. The average Bonchev–Trinajstić information content (AvgIpc) is 2.80. The van der Waals surface area contributed by atoms with E-state index in [-0.39, 0.29) is 24.4 Å². The summed E-state index contributed by atoms with van der Waals surface area (Å²) in [6.45, 7) is 2.46. The summed E-state index contributed by atoms with van der Waals surface area (Å²) >= 11 is 0. The largest absolute Gasteiger partial charge is 0.390 e. The van der Waals surface area contributed by atoms with Gasteiger partial charge in [-0.05, 0) is 37.4 Å². The number of aromatic nitrogens is 1. The number of nitrogens with zero attached hydrogens (tertiary/aromatic N) is 2. The number of β-amino-alcohol motifs (C(OH)–C–C–N with tert-alkyl or cyclic N) is 1. The lowest BCUT2D eigenvalue weighted by molar-refractivity contribution is -0.130. The van der Waals surface area contributed by atoms with Crippen molar-refractivity contribution in [1.82, 2.24) is 14.6 Å². The monoisotopic (exact) mass is 398 g/mol. The van der Waals surface area contributed by atoms with Crippen LogP contribution < -0.4 is 11.1 Å². The molecule has 2 unspecified atom stereocenters. The first-order valence-corrected chi connectivity index (χ1v) is 10.3. The number of nitrogens with one attached hydrogen (secondary N) is 1. The number of aliphatic hydroxyl groups is 1. The van der Waals surface area contributed by atoms with Gasteiger partial charge < -0.3 is 16.2 Å². The van der Waals surface area contributed by atoms with E-state index in [1.807, 2.05) is 0 Å². The molecule has 1 aromatic rings. The van der Waals surface area contributed by atoms with Crippen molar-refractivity contribution in [1.29, 1.82) is 0 Å². The van der Waals surface area contributed by atoms with Crippen LogP contribution in [0.4, 0.5) is 0 Å². The Morgan fingerprint density at radius 3 is 2.78 bits per heavy atom. The van der Waals surface area contributed by atoms with Crippen LogP contribution in [0.1, 0.15) is 32.6 Å². The van der Waals surface area contributed by atoms with Crippen molar-refractivity contribution in [2.45, 2.75) is 49.8 Å². The van der Waals surface area contributed by atoms with Gasteiger partial charge in [-0.1, -0.05) is 13.0 Å². The normalized spacial score (nSPS) is 21.9. The van der Waals surface area contributed by atoms with Crippen LogP contribution in [-0.4, -0.2) is 59.9 Å². The summed E-state index contributed by atoms with van der Waals surface area (Å²) in [6, 6.07) is 3.50. The molecule has 9 nitrogen and oxygen atoms in total. The maximum Gasteiger partial charge on any atom is 0.284 e. The molecule has 1 aromatic heterocycles. The highest BCUT2D eigenvalue weighted by atomic mass is 32.2. The third-order valence-electron chi connectivity index (χ3n) is 4.43. The van der Waals surface area contributed by atoms with Gasteiger partial charge >= 0.3 is 0 Å². The Kier molecular flexibility index (Phi) is 7.28. The molecular formula is C17H26N4O5S. The number of amides is 2. The number of primary amides is 1. The van der Waals surface area contributed by atoms with Crippen LogP contribution in [-0.2, 0) is 19.6 Å². The molecule has 0 bridgehead atoms. The van der Waals surface area contributed by atoms with E-state index < -0.39 is 39.9 Å². The molecule has 4 N–H and O–H groups in total. The van der Waals surface area contributed by atoms with Gasteiger partial charge in [-0.25, -0.2) is 9.29 Å². The van der Waals surface area contributed by atoms with Gasteiger partial charge in [0, 0.05) is 25.6 Å². The summed E-state index contributed by atoms with van der Waals surface area (Å²) in [4.78, 5) is 27.9. The third kappa shape index (κ3) is 5.47. The molecular weight excluding hydrogens is 372 g/mol. The summed E-state index contributed by atoms with van der Waals surface area (Å²) in [5, 5.41) is 13.2. The zero-order chi connectivity index (χ0) is 20.0. The summed E-state index contributed by atoms with van der Waals surface area (Å²) in [7, 11) is -4.25. The van der Waals surface area contributed by atoms with Crippen molar-refractivity contribution in [3.63, 3.8) is 0 Å². The number of nitrogens with two attached hydrogens (primary N) is 1. The zero-order valence-electron chi connectivity index (χ0n) is 15.2. The highest BCUT2D eigenvalue weighted by Gasteiger charge is 2.40. The molecule has 1 fully saturated rings. The topological polar surface area (TPSA) is 143 Å². The van der Waals surface area contributed by atoms with Crippen molar-refractivity contribution in [2.24, 2.45) is 11.7 Å². The van der Waals surface area contributed by atoms with Gasteiger partial charge in [0.25, 0.3) is 10.0 Å². The Bertz CT molecular complexity index is 756. The van der Waals surface area contributed by atoms with Crippen molar-refractivity contribution < 1.29 is 23.1 Å². The van der Waals surface area contributed by atoms with E-state index in [0.29, 0.717) is 19.4 Å². The molecule has 27 heavy (non-hydrogen) atoms. The molecule has 0 aromatic carbocycles. The van der Waals surface area contributed by atoms with Crippen molar-refractivity contribution in [3.05, 3.63) is 24.4 Å². The smallest absolute Gasteiger partial charge is 0.284 e. The minimum absolute atomic E-state index is 0.0298. The van der Waals surface area contributed by atoms with Gasteiger partial charge in [0.2, 0.25) is 11.8 Å². The van der Waals surface area contributed by atoms with E-state index in [1.165, 1.54) is 18.3 Å². The highest BCUT2D eigenvalue weighted by molar-refractivity contribution is 7.89. The number of pyridine rings is 1. The van der Waals surface area contributed by atoms with Gasteiger partial charge in [0.05, 0.1) is 12.1 Å². The summed E-state index contributed by atoms with van der Waals surface area (Å²) in [5.41, 5.74) is 5.17. The number of hydrogen-bond acceptors (Lipinski definition) is 7. The molecule has 2 rings (SSSR count). The molecule has 1 saturated heterocycles. The molecule has 2 heterocycles. The molecule has 3 atom stereocenters. The van der Waals surface area contributed by atoms with Crippen molar-refractivity contribution in [2.75, 3.05) is 13.1 Å².